The van der Waals surface area contributed by atoms with Crippen LogP contribution in [-0.2, 0) is 32.1 Å². The van der Waals surface area contributed by atoms with Crippen LogP contribution in [0.25, 0.3) is 5.70 Å². The molecule has 0 bridgehead atoms. The van der Waals surface area contributed by atoms with Crippen LogP contribution < -0.4 is 10.2 Å². The smallest absolute Gasteiger partial charge is 0.335 e. The second-order valence-electron chi connectivity index (χ2n) is 7.21. The fourth-order valence-corrected chi connectivity index (χ4v) is 3.13. The van der Waals surface area contributed by atoms with E-state index in [1.807, 2.05) is 91.9 Å². The van der Waals surface area contributed by atoms with Crippen molar-refractivity contribution in [3.63, 3.8) is 0 Å². The van der Waals surface area contributed by atoms with Gasteiger partial charge < -0.3 is 14.2 Å². The van der Waals surface area contributed by atoms with Crippen LogP contribution in [0.2, 0.25) is 0 Å². The molecule has 0 fully saturated rings. The van der Waals surface area contributed by atoms with E-state index in [0.717, 1.165) is 16.7 Å². The molecule has 0 amide bonds. The van der Waals surface area contributed by atoms with Gasteiger partial charge >= 0.3 is 5.97 Å². The molecule has 3 aromatic carbocycles. The summed E-state index contributed by atoms with van der Waals surface area (Å²) in [6, 6.07) is 27.2. The van der Waals surface area contributed by atoms with Crippen molar-refractivity contribution in [2.45, 2.75) is 26.1 Å². The largest absolute Gasteiger partial charge is 0.467 e. The van der Waals surface area contributed by atoms with Gasteiger partial charge in [-0.1, -0.05) is 72.8 Å². The van der Waals surface area contributed by atoms with Crippen molar-refractivity contribution in [2.24, 2.45) is 0 Å². The molecule has 0 heterocycles. The maximum atomic E-state index is 11.9. The van der Waals surface area contributed by atoms with Gasteiger partial charge in [0, 0.05) is 18.6 Å². The van der Waals surface area contributed by atoms with Crippen LogP contribution >= 0.6 is 0 Å². The van der Waals surface area contributed by atoms with Gasteiger partial charge in [-0.25, -0.2) is 4.79 Å². The number of nitrogens with one attached hydrogen (secondary N) is 1. The molecule has 3 aromatic rings. The van der Waals surface area contributed by atoms with Gasteiger partial charge in [0.15, 0.2) is 6.10 Å². The molecular weight excluding hydrogens is 418 g/mol. The molecule has 6 heteroatoms. The quantitative estimate of drug-likeness (QED) is 0.242. The molecule has 0 radical (unpaired) electrons. The summed E-state index contributed by atoms with van der Waals surface area (Å²) >= 11 is 0. The molecule has 0 spiro atoms. The lowest BCUT2D eigenvalue weighted by atomic mass is 10.1. The van der Waals surface area contributed by atoms with Crippen LogP contribution in [0.4, 0.5) is 0 Å². The lowest BCUT2D eigenvalue weighted by Gasteiger charge is -2.15. The summed E-state index contributed by atoms with van der Waals surface area (Å²) in [5.74, 6) is 0.275. The van der Waals surface area contributed by atoms with E-state index in [-0.39, 0.29) is 5.97 Å². The first-order valence-electron chi connectivity index (χ1n) is 10.8. The molecular formula is C27H29NO5. The van der Waals surface area contributed by atoms with Crippen LogP contribution in [0.3, 0.4) is 0 Å². The van der Waals surface area contributed by atoms with Crippen LogP contribution in [0.5, 0.6) is 5.75 Å². The Bertz CT molecular complexity index is 1000. The average molecular weight is 448 g/mol. The van der Waals surface area contributed by atoms with Crippen molar-refractivity contribution in [3.8, 4) is 5.75 Å². The summed E-state index contributed by atoms with van der Waals surface area (Å²) in [4.78, 5) is 17.6. The van der Waals surface area contributed by atoms with E-state index in [0.29, 0.717) is 31.1 Å². The van der Waals surface area contributed by atoms with Crippen LogP contribution in [-0.4, -0.2) is 25.8 Å². The Morgan fingerprint density at radius 1 is 0.909 bits per heavy atom. The lowest BCUT2D eigenvalue weighted by molar-refractivity contribution is -0.153. The monoisotopic (exact) mass is 447 g/mol. The number of esters is 1. The van der Waals surface area contributed by atoms with Gasteiger partial charge in [0.05, 0.1) is 13.7 Å². The predicted molar refractivity (Wildman–Crippen MR) is 127 cm³/mol. The van der Waals surface area contributed by atoms with Gasteiger partial charge in [0.25, 0.3) is 0 Å². The van der Waals surface area contributed by atoms with Crippen LogP contribution in [0.15, 0.2) is 91.2 Å². The molecule has 172 valence electrons. The molecule has 1 N–H and O–H groups in total. The molecule has 0 aliphatic rings. The number of hydrogen-bond acceptors (Lipinski definition) is 6. The van der Waals surface area contributed by atoms with Crippen molar-refractivity contribution in [1.29, 1.82) is 0 Å². The van der Waals surface area contributed by atoms with Crippen molar-refractivity contribution in [2.75, 3.05) is 13.7 Å². The Morgan fingerprint density at radius 2 is 1.58 bits per heavy atom. The molecule has 0 aliphatic carbocycles. The van der Waals surface area contributed by atoms with E-state index in [2.05, 4.69) is 5.48 Å². The summed E-state index contributed by atoms with van der Waals surface area (Å²) in [6.45, 7) is 2.70. The summed E-state index contributed by atoms with van der Waals surface area (Å²) in [6.07, 6.45) is 1.43. The Balaban J connectivity index is 1.64. The summed E-state index contributed by atoms with van der Waals surface area (Å²) in [7, 11) is 1.36. The maximum Gasteiger partial charge on any atom is 0.335 e. The highest BCUT2D eigenvalue weighted by Gasteiger charge is 2.19. The Labute approximate surface area is 194 Å². The molecule has 1 unspecified atom stereocenters. The minimum atomic E-state index is -0.623. The van der Waals surface area contributed by atoms with Gasteiger partial charge in [0.2, 0.25) is 0 Å². The molecule has 0 saturated heterocycles. The van der Waals surface area contributed by atoms with Gasteiger partial charge in [0.1, 0.15) is 17.7 Å². The number of hydrogen-bond donors (Lipinski definition) is 1. The van der Waals surface area contributed by atoms with Crippen molar-refractivity contribution in [1.82, 2.24) is 5.48 Å². The third kappa shape index (κ3) is 7.79. The molecule has 33 heavy (non-hydrogen) atoms. The maximum absolute atomic E-state index is 11.9. The molecule has 6 nitrogen and oxygen atoms in total. The van der Waals surface area contributed by atoms with E-state index in [1.165, 1.54) is 7.11 Å². The second-order valence-corrected chi connectivity index (χ2v) is 7.21. The topological polar surface area (TPSA) is 66.0 Å². The highest BCUT2D eigenvalue weighted by Crippen LogP contribution is 2.18. The first kappa shape index (κ1) is 24.0. The minimum Gasteiger partial charge on any atom is -0.467 e. The van der Waals surface area contributed by atoms with E-state index >= 15 is 0 Å². The zero-order chi connectivity index (χ0) is 23.3. The standard InChI is InChI=1S/C27H29NO5/c1-3-31-26(27(29)30-2)18-21-14-16-24(17-15-21)32-20-25(23-12-8-5-9-13-23)28-33-19-22-10-6-4-7-11-22/h4-17,20,26,28H,3,18-19H2,1-2H3. The second kappa shape index (κ2) is 13.1. The number of carbonyl (C=O) groups is 1. The summed E-state index contributed by atoms with van der Waals surface area (Å²) in [5, 5.41) is 0. The number of hydroxylamine groups is 1. The SMILES string of the molecule is CCOC(Cc1ccc(OC=C(NOCc2ccccc2)c2ccccc2)cc1)C(=O)OC. The van der Waals surface area contributed by atoms with E-state index in [1.54, 1.807) is 6.26 Å². The van der Waals surface area contributed by atoms with Crippen molar-refractivity contribution < 1.29 is 23.8 Å². The molecule has 0 aromatic heterocycles. The van der Waals surface area contributed by atoms with Crippen molar-refractivity contribution >= 4 is 11.7 Å². The zero-order valence-electron chi connectivity index (χ0n) is 18.9. The van der Waals surface area contributed by atoms with Crippen LogP contribution in [0.1, 0.15) is 23.6 Å². The first-order valence-corrected chi connectivity index (χ1v) is 10.8. The van der Waals surface area contributed by atoms with Crippen molar-refractivity contribution in [3.05, 3.63) is 108 Å². The number of carbonyl (C=O) groups excluding carboxylic acids is 1. The Kier molecular flexibility index (Phi) is 9.51. The highest BCUT2D eigenvalue weighted by molar-refractivity contribution is 5.75. The third-order valence-electron chi connectivity index (χ3n) is 4.84. The summed E-state index contributed by atoms with van der Waals surface area (Å²) in [5.41, 5.74) is 6.62. The molecule has 0 saturated carbocycles. The lowest BCUT2D eigenvalue weighted by Crippen LogP contribution is -2.28. The first-order chi connectivity index (χ1) is 16.2. The van der Waals surface area contributed by atoms with Gasteiger partial charge in [-0.3, -0.25) is 10.3 Å². The van der Waals surface area contributed by atoms with E-state index in [9.17, 15) is 4.79 Å². The highest BCUT2D eigenvalue weighted by atomic mass is 16.6. The Morgan fingerprint density at radius 3 is 2.21 bits per heavy atom. The molecule has 1 atom stereocenters. The fraction of sp³-hybridized carbons (Fsp3) is 0.222. The number of methoxy groups -OCH3 is 1. The number of benzene rings is 3. The minimum absolute atomic E-state index is 0.380. The fourth-order valence-electron chi connectivity index (χ4n) is 3.13. The summed E-state index contributed by atoms with van der Waals surface area (Å²) < 4.78 is 16.2. The predicted octanol–water partition coefficient (Wildman–Crippen LogP) is 4.91. The molecule has 0 aliphatic heterocycles. The van der Waals surface area contributed by atoms with E-state index < -0.39 is 6.10 Å². The normalized spacial score (nSPS) is 12.1. The van der Waals surface area contributed by atoms with Gasteiger partial charge in [-0.2, -0.15) is 0 Å². The van der Waals surface area contributed by atoms with Crippen LogP contribution in [0, 0.1) is 0 Å². The number of ether oxygens (including phenoxy) is 3. The van der Waals surface area contributed by atoms with E-state index in [4.69, 9.17) is 19.0 Å². The van der Waals surface area contributed by atoms with Gasteiger partial charge in [-0.15, -0.1) is 0 Å². The third-order valence-corrected chi connectivity index (χ3v) is 4.84. The van der Waals surface area contributed by atoms with Gasteiger partial charge in [-0.05, 0) is 30.2 Å². The number of rotatable bonds is 12. The zero-order valence-corrected chi connectivity index (χ0v) is 18.9. The molecule has 3 rings (SSSR count). The Hall–Kier alpha value is -3.61. The average Bonchev–Trinajstić information content (AvgIpc) is 2.87.